The molecule has 0 saturated carbocycles. The predicted octanol–water partition coefficient (Wildman–Crippen LogP) is 4.52. The number of para-hydroxylation sites is 1. The first-order valence-corrected chi connectivity index (χ1v) is 11.3. The van der Waals surface area contributed by atoms with E-state index in [0.29, 0.717) is 17.2 Å². The molecule has 5 rings (SSSR count). The van der Waals surface area contributed by atoms with Crippen molar-refractivity contribution in [2.24, 2.45) is 0 Å². The second-order valence-electron chi connectivity index (χ2n) is 7.25. The number of hydrogen-bond donors (Lipinski definition) is 1. The van der Waals surface area contributed by atoms with Gasteiger partial charge in [0.25, 0.3) is 5.91 Å². The highest BCUT2D eigenvalue weighted by molar-refractivity contribution is 7.13. The Morgan fingerprint density at radius 1 is 1.09 bits per heavy atom. The second-order valence-corrected chi connectivity index (χ2v) is 8.20. The summed E-state index contributed by atoms with van der Waals surface area (Å²) in [7, 11) is 0. The van der Waals surface area contributed by atoms with Gasteiger partial charge in [-0.3, -0.25) is 4.79 Å². The fraction of sp³-hybridized carbons (Fsp3) is 0.0800. The van der Waals surface area contributed by atoms with E-state index < -0.39 is 18.5 Å². The summed E-state index contributed by atoms with van der Waals surface area (Å²) in [4.78, 5) is 25.4. The number of rotatable bonds is 7. The number of thiophene rings is 1. The van der Waals surface area contributed by atoms with Gasteiger partial charge in [-0.15, -0.1) is 11.3 Å². The van der Waals surface area contributed by atoms with Crippen molar-refractivity contribution in [1.82, 2.24) is 9.78 Å². The maximum atomic E-state index is 12.3. The summed E-state index contributed by atoms with van der Waals surface area (Å²) >= 11 is 1.56. The zero-order valence-electron chi connectivity index (χ0n) is 17.8. The van der Waals surface area contributed by atoms with E-state index >= 15 is 0 Å². The molecule has 0 bridgehead atoms. The SMILES string of the molecule is O=C(COC(=O)C=Cc1cn(-c2ccccc2)nc1-c1cccs1)Nc1ccc2c(c1)OCO2. The smallest absolute Gasteiger partial charge is 0.331 e. The Morgan fingerprint density at radius 3 is 2.76 bits per heavy atom. The van der Waals surface area contributed by atoms with Crippen LogP contribution in [0.15, 0.2) is 78.3 Å². The number of nitrogens with one attached hydrogen (secondary N) is 1. The van der Waals surface area contributed by atoms with E-state index in [1.165, 1.54) is 6.08 Å². The van der Waals surface area contributed by atoms with Crippen LogP contribution in [0, 0.1) is 0 Å². The first kappa shape index (κ1) is 21.5. The van der Waals surface area contributed by atoms with Gasteiger partial charge in [-0.05, 0) is 41.8 Å². The van der Waals surface area contributed by atoms with Crippen LogP contribution in [-0.2, 0) is 14.3 Å². The molecule has 0 aliphatic carbocycles. The van der Waals surface area contributed by atoms with E-state index in [9.17, 15) is 9.59 Å². The summed E-state index contributed by atoms with van der Waals surface area (Å²) in [5.41, 5.74) is 2.94. The Balaban J connectivity index is 1.23. The van der Waals surface area contributed by atoms with Crippen LogP contribution in [-0.4, -0.2) is 35.1 Å². The summed E-state index contributed by atoms with van der Waals surface area (Å²) in [5, 5.41) is 9.32. The number of ether oxygens (including phenoxy) is 3. The molecule has 4 aromatic rings. The predicted molar refractivity (Wildman–Crippen MR) is 128 cm³/mol. The number of carbonyl (C=O) groups excluding carboxylic acids is 2. The van der Waals surface area contributed by atoms with E-state index in [4.69, 9.17) is 14.2 Å². The molecule has 1 N–H and O–H groups in total. The van der Waals surface area contributed by atoms with Gasteiger partial charge in [0, 0.05) is 29.6 Å². The average molecular weight is 474 g/mol. The zero-order valence-corrected chi connectivity index (χ0v) is 18.7. The Morgan fingerprint density at radius 2 is 1.94 bits per heavy atom. The van der Waals surface area contributed by atoms with Crippen molar-refractivity contribution in [2.45, 2.75) is 0 Å². The molecule has 1 aliphatic rings. The molecule has 8 nitrogen and oxygen atoms in total. The average Bonchev–Trinajstić information content (AvgIpc) is 3.62. The molecule has 0 spiro atoms. The standard InChI is InChI=1S/C25H19N3O5S/c29-23(26-18-9-10-20-21(13-18)33-16-32-20)15-31-24(30)11-8-17-14-28(19-5-2-1-3-6-19)27-25(17)22-7-4-12-34-22/h1-14H,15-16H2,(H,26,29). The van der Waals surface area contributed by atoms with E-state index in [1.54, 1.807) is 40.3 Å². The lowest BCUT2D eigenvalue weighted by Crippen LogP contribution is -2.20. The fourth-order valence-electron chi connectivity index (χ4n) is 3.34. The van der Waals surface area contributed by atoms with Crippen molar-refractivity contribution in [3.8, 4) is 27.8 Å². The number of hydrogen-bond acceptors (Lipinski definition) is 7. The van der Waals surface area contributed by atoms with Crippen molar-refractivity contribution in [3.05, 3.63) is 83.9 Å². The van der Waals surface area contributed by atoms with Gasteiger partial charge in [0.15, 0.2) is 18.1 Å². The first-order chi connectivity index (χ1) is 16.7. The van der Waals surface area contributed by atoms with Gasteiger partial charge in [0.1, 0.15) is 5.69 Å². The molecule has 0 fully saturated rings. The number of nitrogens with zero attached hydrogens (tertiary/aromatic N) is 2. The molecule has 0 unspecified atom stereocenters. The Bertz CT molecular complexity index is 1350. The second kappa shape index (κ2) is 9.63. The number of anilines is 1. The van der Waals surface area contributed by atoms with Gasteiger partial charge in [-0.1, -0.05) is 24.3 Å². The highest BCUT2D eigenvalue weighted by atomic mass is 32.1. The lowest BCUT2D eigenvalue weighted by atomic mass is 10.2. The largest absolute Gasteiger partial charge is 0.454 e. The molecule has 0 atom stereocenters. The topological polar surface area (TPSA) is 91.7 Å². The number of fused-ring (bicyclic) bond motifs is 1. The van der Waals surface area contributed by atoms with Crippen LogP contribution >= 0.6 is 11.3 Å². The Kier molecular flexibility index (Phi) is 6.09. The highest BCUT2D eigenvalue weighted by Crippen LogP contribution is 2.34. The first-order valence-electron chi connectivity index (χ1n) is 10.4. The molecule has 1 aliphatic heterocycles. The maximum Gasteiger partial charge on any atom is 0.331 e. The summed E-state index contributed by atoms with van der Waals surface area (Å²) in [6.45, 7) is -0.270. The molecular weight excluding hydrogens is 454 g/mol. The van der Waals surface area contributed by atoms with Gasteiger partial charge in [-0.2, -0.15) is 5.10 Å². The van der Waals surface area contributed by atoms with Gasteiger partial charge in [0.05, 0.1) is 10.6 Å². The van der Waals surface area contributed by atoms with E-state index in [2.05, 4.69) is 10.4 Å². The van der Waals surface area contributed by atoms with Crippen LogP contribution in [0.1, 0.15) is 5.56 Å². The third kappa shape index (κ3) is 4.84. The number of esters is 1. The normalized spacial score (nSPS) is 12.1. The zero-order chi connectivity index (χ0) is 23.3. The minimum Gasteiger partial charge on any atom is -0.454 e. The van der Waals surface area contributed by atoms with Crippen LogP contribution in [0.4, 0.5) is 5.69 Å². The highest BCUT2D eigenvalue weighted by Gasteiger charge is 2.15. The molecule has 2 aromatic carbocycles. The summed E-state index contributed by atoms with van der Waals surface area (Å²) in [5.74, 6) is 0.0737. The monoisotopic (exact) mass is 473 g/mol. The number of benzene rings is 2. The van der Waals surface area contributed by atoms with Crippen molar-refractivity contribution >= 4 is 35.0 Å². The van der Waals surface area contributed by atoms with Crippen LogP contribution in [0.2, 0.25) is 0 Å². The third-order valence-electron chi connectivity index (χ3n) is 4.92. The minimum absolute atomic E-state index is 0.148. The molecule has 0 radical (unpaired) electrons. The molecule has 9 heteroatoms. The fourth-order valence-corrected chi connectivity index (χ4v) is 4.07. The Labute approximate surface area is 199 Å². The molecular formula is C25H19N3O5S. The number of amides is 1. The van der Waals surface area contributed by atoms with Gasteiger partial charge < -0.3 is 19.5 Å². The molecule has 34 heavy (non-hydrogen) atoms. The molecule has 1 amide bonds. The van der Waals surface area contributed by atoms with Gasteiger partial charge in [-0.25, -0.2) is 9.48 Å². The van der Waals surface area contributed by atoms with Crippen molar-refractivity contribution in [3.63, 3.8) is 0 Å². The van der Waals surface area contributed by atoms with Crippen molar-refractivity contribution in [1.29, 1.82) is 0 Å². The number of aromatic nitrogens is 2. The Hall–Kier alpha value is -4.37. The van der Waals surface area contributed by atoms with E-state index in [-0.39, 0.29) is 6.79 Å². The van der Waals surface area contributed by atoms with Crippen LogP contribution < -0.4 is 14.8 Å². The van der Waals surface area contributed by atoms with Crippen LogP contribution in [0.3, 0.4) is 0 Å². The molecule has 3 heterocycles. The molecule has 170 valence electrons. The molecule has 2 aromatic heterocycles. The lowest BCUT2D eigenvalue weighted by Gasteiger charge is -2.06. The summed E-state index contributed by atoms with van der Waals surface area (Å²) in [6, 6.07) is 18.7. The third-order valence-corrected chi connectivity index (χ3v) is 5.80. The molecule has 0 saturated heterocycles. The van der Waals surface area contributed by atoms with Gasteiger partial charge in [0.2, 0.25) is 6.79 Å². The number of carbonyl (C=O) groups is 2. The lowest BCUT2D eigenvalue weighted by molar-refractivity contribution is -0.142. The van der Waals surface area contributed by atoms with E-state index in [0.717, 1.165) is 21.8 Å². The van der Waals surface area contributed by atoms with Crippen molar-refractivity contribution < 1.29 is 23.8 Å². The van der Waals surface area contributed by atoms with Crippen molar-refractivity contribution in [2.75, 3.05) is 18.7 Å². The maximum absolute atomic E-state index is 12.3. The quantitative estimate of drug-likeness (QED) is 0.313. The van der Waals surface area contributed by atoms with E-state index in [1.807, 2.05) is 54.0 Å². The van der Waals surface area contributed by atoms with Crippen LogP contribution in [0.25, 0.3) is 22.3 Å². The summed E-state index contributed by atoms with van der Waals surface area (Å²) < 4.78 is 17.4. The minimum atomic E-state index is -0.634. The summed E-state index contributed by atoms with van der Waals surface area (Å²) in [6.07, 6.45) is 4.78. The van der Waals surface area contributed by atoms with Crippen LogP contribution in [0.5, 0.6) is 11.5 Å². The van der Waals surface area contributed by atoms with Gasteiger partial charge >= 0.3 is 5.97 Å².